The van der Waals surface area contributed by atoms with Crippen LogP contribution in [-0.4, -0.2) is 5.11 Å². The topological polar surface area (TPSA) is 20.2 Å². The average Bonchev–Trinajstić information content (AvgIpc) is 2.64. The minimum Gasteiger partial charge on any atom is -0.388 e. The molecule has 0 aliphatic rings. The molecule has 0 saturated heterocycles. The number of unbranched alkanes of at least 4 members (excludes halogenated alkanes) is 4. The number of rotatable bonds is 7. The molecule has 0 aliphatic carbocycles. The summed E-state index contributed by atoms with van der Waals surface area (Å²) in [7, 11) is 0. The smallest absolute Gasteiger partial charge is 0.0932 e. The Morgan fingerprint density at radius 2 is 2.00 bits per heavy atom. The van der Waals surface area contributed by atoms with Crippen molar-refractivity contribution in [3.63, 3.8) is 0 Å². The Hall–Kier alpha value is -0.0500. The van der Waals surface area contributed by atoms with Gasteiger partial charge < -0.3 is 5.11 Å². The van der Waals surface area contributed by atoms with Crippen LogP contribution < -0.4 is 0 Å². The molecule has 1 aromatic heterocycles. The van der Waals surface area contributed by atoms with Crippen molar-refractivity contribution in [2.75, 3.05) is 0 Å². The van der Waals surface area contributed by atoms with E-state index in [0.717, 1.165) is 22.1 Å². The van der Waals surface area contributed by atoms with Crippen LogP contribution >= 0.6 is 22.9 Å². The second-order valence-corrected chi connectivity index (χ2v) is 5.61. The molecule has 0 amide bonds. The standard InChI is InChI=1S/C12H19ClOS/c1-2-3-4-5-6-7-10(14)11-8-9-12(13)15-11/h8-10,14H,2-7H2,1H3. The first kappa shape index (κ1) is 13.0. The molecule has 1 aromatic rings. The van der Waals surface area contributed by atoms with Gasteiger partial charge in [0.25, 0.3) is 0 Å². The molecule has 0 spiro atoms. The monoisotopic (exact) mass is 246 g/mol. The molecule has 0 aromatic carbocycles. The molecule has 1 N–H and O–H groups in total. The van der Waals surface area contributed by atoms with E-state index in [1.165, 1.54) is 37.0 Å². The third-order valence-corrected chi connectivity index (χ3v) is 3.84. The first-order chi connectivity index (χ1) is 7.24. The molecular formula is C12H19ClOS. The maximum absolute atomic E-state index is 9.84. The van der Waals surface area contributed by atoms with Gasteiger partial charge in [-0.2, -0.15) is 0 Å². The van der Waals surface area contributed by atoms with Crippen molar-refractivity contribution in [1.29, 1.82) is 0 Å². The van der Waals surface area contributed by atoms with Crippen LogP contribution in [0.15, 0.2) is 12.1 Å². The van der Waals surface area contributed by atoms with Crippen LogP contribution in [0.1, 0.15) is 56.4 Å². The Balaban J connectivity index is 2.16. The maximum atomic E-state index is 9.84. The molecule has 15 heavy (non-hydrogen) atoms. The summed E-state index contributed by atoms with van der Waals surface area (Å²) in [6.07, 6.45) is 6.74. The van der Waals surface area contributed by atoms with E-state index >= 15 is 0 Å². The third-order valence-electron chi connectivity index (χ3n) is 2.50. The zero-order valence-electron chi connectivity index (χ0n) is 9.21. The van der Waals surface area contributed by atoms with Crippen LogP contribution in [0.5, 0.6) is 0 Å². The lowest BCUT2D eigenvalue weighted by atomic mass is 10.1. The van der Waals surface area contributed by atoms with Crippen molar-refractivity contribution >= 4 is 22.9 Å². The van der Waals surface area contributed by atoms with Crippen molar-refractivity contribution in [3.8, 4) is 0 Å². The van der Waals surface area contributed by atoms with Crippen LogP contribution in [0, 0.1) is 0 Å². The fourth-order valence-electron chi connectivity index (χ4n) is 1.59. The first-order valence-corrected chi connectivity index (χ1v) is 6.86. The summed E-state index contributed by atoms with van der Waals surface area (Å²) in [6, 6.07) is 3.77. The number of aliphatic hydroxyl groups is 1. The van der Waals surface area contributed by atoms with Crippen LogP contribution in [0.2, 0.25) is 4.34 Å². The molecular weight excluding hydrogens is 228 g/mol. The third kappa shape index (κ3) is 5.01. The highest BCUT2D eigenvalue weighted by Gasteiger charge is 2.09. The minimum atomic E-state index is -0.316. The second kappa shape index (κ2) is 7.26. The van der Waals surface area contributed by atoms with Crippen LogP contribution in [0.25, 0.3) is 0 Å². The summed E-state index contributed by atoms with van der Waals surface area (Å²) in [6.45, 7) is 2.21. The molecule has 0 fully saturated rings. The molecule has 1 nitrogen and oxygen atoms in total. The van der Waals surface area contributed by atoms with E-state index in [1.807, 2.05) is 12.1 Å². The van der Waals surface area contributed by atoms with Crippen molar-refractivity contribution in [1.82, 2.24) is 0 Å². The van der Waals surface area contributed by atoms with E-state index in [2.05, 4.69) is 6.92 Å². The number of halogens is 1. The molecule has 1 heterocycles. The zero-order chi connectivity index (χ0) is 11.1. The van der Waals surface area contributed by atoms with Gasteiger partial charge in [0.2, 0.25) is 0 Å². The molecule has 1 atom stereocenters. The largest absolute Gasteiger partial charge is 0.388 e. The second-order valence-electron chi connectivity index (χ2n) is 3.86. The van der Waals surface area contributed by atoms with E-state index in [4.69, 9.17) is 11.6 Å². The normalized spacial score (nSPS) is 13.0. The lowest BCUT2D eigenvalue weighted by molar-refractivity contribution is 0.167. The maximum Gasteiger partial charge on any atom is 0.0932 e. The van der Waals surface area contributed by atoms with E-state index in [-0.39, 0.29) is 6.10 Å². The summed E-state index contributed by atoms with van der Waals surface area (Å²) >= 11 is 7.29. The molecule has 1 rings (SSSR count). The summed E-state index contributed by atoms with van der Waals surface area (Å²) in [5.41, 5.74) is 0. The Kier molecular flexibility index (Phi) is 6.30. The van der Waals surface area contributed by atoms with Gasteiger partial charge >= 0.3 is 0 Å². The quantitative estimate of drug-likeness (QED) is 0.686. The SMILES string of the molecule is CCCCCCCC(O)c1ccc(Cl)s1. The van der Waals surface area contributed by atoms with E-state index in [0.29, 0.717) is 0 Å². The van der Waals surface area contributed by atoms with E-state index in [1.54, 1.807) is 0 Å². The van der Waals surface area contributed by atoms with Crippen molar-refractivity contribution in [2.45, 2.75) is 51.6 Å². The van der Waals surface area contributed by atoms with Gasteiger partial charge in [0.1, 0.15) is 0 Å². The first-order valence-electron chi connectivity index (χ1n) is 5.67. The minimum absolute atomic E-state index is 0.316. The molecule has 0 radical (unpaired) electrons. The lowest BCUT2D eigenvalue weighted by Crippen LogP contribution is -1.94. The predicted molar refractivity (Wildman–Crippen MR) is 67.7 cm³/mol. The molecule has 0 aliphatic heterocycles. The summed E-state index contributed by atoms with van der Waals surface area (Å²) < 4.78 is 0.759. The van der Waals surface area contributed by atoms with Crippen molar-refractivity contribution < 1.29 is 5.11 Å². The highest BCUT2D eigenvalue weighted by molar-refractivity contribution is 7.16. The van der Waals surface area contributed by atoms with Gasteiger partial charge in [-0.3, -0.25) is 0 Å². The summed E-state index contributed by atoms with van der Waals surface area (Å²) in [5.74, 6) is 0. The Labute approximate surface area is 101 Å². The molecule has 86 valence electrons. The van der Waals surface area contributed by atoms with Gasteiger partial charge in [-0.1, -0.05) is 50.6 Å². The van der Waals surface area contributed by atoms with Gasteiger partial charge in [0.05, 0.1) is 10.4 Å². The van der Waals surface area contributed by atoms with Crippen LogP contribution in [-0.2, 0) is 0 Å². The summed E-state index contributed by atoms with van der Waals surface area (Å²) in [5, 5.41) is 9.84. The predicted octanol–water partition coefficient (Wildman–Crippen LogP) is 4.80. The molecule has 0 bridgehead atoms. The fraction of sp³-hybridized carbons (Fsp3) is 0.667. The highest BCUT2D eigenvalue weighted by atomic mass is 35.5. The van der Waals surface area contributed by atoms with Crippen molar-refractivity contribution in [2.24, 2.45) is 0 Å². The summed E-state index contributed by atoms with van der Waals surface area (Å²) in [4.78, 5) is 0.996. The van der Waals surface area contributed by atoms with Gasteiger partial charge in [0, 0.05) is 4.88 Å². The van der Waals surface area contributed by atoms with E-state index in [9.17, 15) is 5.11 Å². The Morgan fingerprint density at radius 1 is 1.27 bits per heavy atom. The number of aliphatic hydroxyl groups excluding tert-OH is 1. The van der Waals surface area contributed by atoms with Gasteiger partial charge in [-0.25, -0.2) is 0 Å². The van der Waals surface area contributed by atoms with Crippen LogP contribution in [0.3, 0.4) is 0 Å². The molecule has 1 unspecified atom stereocenters. The number of hydrogen-bond donors (Lipinski definition) is 1. The highest BCUT2D eigenvalue weighted by Crippen LogP contribution is 2.29. The number of thiophene rings is 1. The Morgan fingerprint density at radius 3 is 2.60 bits per heavy atom. The van der Waals surface area contributed by atoms with Gasteiger partial charge in [0.15, 0.2) is 0 Å². The molecule has 0 saturated carbocycles. The zero-order valence-corrected chi connectivity index (χ0v) is 10.8. The van der Waals surface area contributed by atoms with Crippen LogP contribution in [0.4, 0.5) is 0 Å². The average molecular weight is 247 g/mol. The lowest BCUT2D eigenvalue weighted by Gasteiger charge is -2.07. The molecule has 3 heteroatoms. The van der Waals surface area contributed by atoms with Crippen molar-refractivity contribution in [3.05, 3.63) is 21.3 Å². The van der Waals surface area contributed by atoms with E-state index < -0.39 is 0 Å². The van der Waals surface area contributed by atoms with Gasteiger partial charge in [-0.15, -0.1) is 11.3 Å². The Bertz CT molecular complexity index is 272. The fourth-order valence-corrected chi connectivity index (χ4v) is 2.67. The number of hydrogen-bond acceptors (Lipinski definition) is 2. The van der Waals surface area contributed by atoms with Gasteiger partial charge in [-0.05, 0) is 18.6 Å².